The number of carbonyl (C=O) groups excluding carboxylic acids is 2. The quantitative estimate of drug-likeness (QED) is 0.658. The second-order valence-corrected chi connectivity index (χ2v) is 12.0. The number of Topliss-reactive ketones (excluding diaryl/α,β-unsaturated/α-hetero) is 1. The summed E-state index contributed by atoms with van der Waals surface area (Å²) in [5.41, 5.74) is -0.513. The van der Waals surface area contributed by atoms with Gasteiger partial charge in [0.05, 0.1) is 12.5 Å². The Morgan fingerprint density at radius 1 is 0.889 bits per heavy atom. The highest BCUT2D eigenvalue weighted by Crippen LogP contribution is 2.89. The van der Waals surface area contributed by atoms with Gasteiger partial charge in [-0.2, -0.15) is 0 Å². The van der Waals surface area contributed by atoms with Crippen LogP contribution in [-0.2, 0) is 14.3 Å². The van der Waals surface area contributed by atoms with E-state index in [9.17, 15) is 9.59 Å². The molecule has 7 aliphatic rings. The second kappa shape index (κ2) is 4.19. The van der Waals surface area contributed by atoms with Gasteiger partial charge in [-0.25, -0.2) is 0 Å². The van der Waals surface area contributed by atoms with Crippen LogP contribution in [0.1, 0.15) is 52.9 Å². The fourth-order valence-electron chi connectivity index (χ4n) is 12.2. The predicted octanol–water partition coefficient (Wildman–Crippen LogP) is 3.96. The monoisotopic (exact) mass is 368 g/mol. The van der Waals surface area contributed by atoms with Crippen molar-refractivity contribution < 1.29 is 14.3 Å². The van der Waals surface area contributed by atoms with Gasteiger partial charge in [-0.15, -0.1) is 0 Å². The van der Waals surface area contributed by atoms with Crippen LogP contribution in [0.25, 0.3) is 0 Å². The smallest absolute Gasteiger partial charge is 0.312 e. The van der Waals surface area contributed by atoms with Crippen molar-refractivity contribution in [3.63, 3.8) is 0 Å². The highest BCUT2D eigenvalue weighted by atomic mass is 16.5. The van der Waals surface area contributed by atoms with E-state index in [4.69, 9.17) is 4.74 Å². The van der Waals surface area contributed by atoms with Crippen LogP contribution in [-0.4, -0.2) is 18.9 Å². The maximum Gasteiger partial charge on any atom is 0.312 e. The highest BCUT2D eigenvalue weighted by Gasteiger charge is 2.89. The average molecular weight is 369 g/mol. The van der Waals surface area contributed by atoms with E-state index in [1.807, 2.05) is 0 Å². The Bertz CT molecular complexity index is 791. The van der Waals surface area contributed by atoms with Gasteiger partial charge in [0.15, 0.2) is 0 Å². The molecule has 0 bridgehead atoms. The van der Waals surface area contributed by atoms with Crippen molar-refractivity contribution in [1.29, 1.82) is 0 Å². The molecule has 0 aromatic carbocycles. The summed E-state index contributed by atoms with van der Waals surface area (Å²) in [4.78, 5) is 27.3. The molecule has 7 fully saturated rings. The SMILES string of the molecule is COC(=O)[C@]1(C)[C@@H]2[C@@H]3CCC[C@@H]3[C@@H]3[C@@H]2[C@@H]2[C@@H]4[C@@H]5[C@H](CC[C@@]5(C)C(=O)[C@@]34C)[C@@H]21. The lowest BCUT2D eigenvalue weighted by Crippen LogP contribution is -2.44. The number of hydrogen-bond donors (Lipinski definition) is 0. The van der Waals surface area contributed by atoms with Crippen LogP contribution in [0, 0.1) is 75.4 Å². The maximum absolute atomic E-state index is 14.0. The number of carbonyl (C=O) groups is 2. The summed E-state index contributed by atoms with van der Waals surface area (Å²) in [7, 11) is 1.60. The molecule has 3 nitrogen and oxygen atoms in total. The predicted molar refractivity (Wildman–Crippen MR) is 99.3 cm³/mol. The molecule has 0 aromatic rings. The van der Waals surface area contributed by atoms with E-state index in [0.29, 0.717) is 65.0 Å². The first-order valence-electron chi connectivity index (χ1n) is 11.5. The van der Waals surface area contributed by atoms with Crippen LogP contribution in [0.4, 0.5) is 0 Å². The summed E-state index contributed by atoms with van der Waals surface area (Å²) in [5, 5.41) is 0. The zero-order chi connectivity index (χ0) is 18.7. The summed E-state index contributed by atoms with van der Waals surface area (Å²) in [6, 6.07) is 0. The van der Waals surface area contributed by atoms with E-state index >= 15 is 0 Å². The van der Waals surface area contributed by atoms with Gasteiger partial charge in [-0.3, -0.25) is 9.59 Å². The number of ketones is 1. The third-order valence-electron chi connectivity index (χ3n) is 12.1. The van der Waals surface area contributed by atoms with Gasteiger partial charge in [0.25, 0.3) is 0 Å². The fraction of sp³-hybridized carbons (Fsp3) is 0.917. The van der Waals surface area contributed by atoms with Gasteiger partial charge in [0.2, 0.25) is 0 Å². The summed E-state index contributed by atoms with van der Waals surface area (Å²) >= 11 is 0. The van der Waals surface area contributed by atoms with Crippen LogP contribution in [0.15, 0.2) is 0 Å². The number of esters is 1. The van der Waals surface area contributed by atoms with Gasteiger partial charge in [0, 0.05) is 10.8 Å². The first-order chi connectivity index (χ1) is 12.8. The molecule has 7 aliphatic carbocycles. The van der Waals surface area contributed by atoms with Crippen molar-refractivity contribution in [3.05, 3.63) is 0 Å². The molecule has 7 saturated carbocycles. The molecule has 0 aromatic heterocycles. The largest absolute Gasteiger partial charge is 0.469 e. The minimum Gasteiger partial charge on any atom is -0.469 e. The summed E-state index contributed by atoms with van der Waals surface area (Å²) in [5.74, 6) is 6.44. The summed E-state index contributed by atoms with van der Waals surface area (Å²) < 4.78 is 5.50. The van der Waals surface area contributed by atoms with Gasteiger partial charge in [-0.05, 0) is 91.8 Å². The molecule has 0 amide bonds. The van der Waals surface area contributed by atoms with Gasteiger partial charge < -0.3 is 4.74 Å². The van der Waals surface area contributed by atoms with E-state index in [1.54, 1.807) is 7.11 Å². The lowest BCUT2D eigenvalue weighted by Gasteiger charge is -2.39. The van der Waals surface area contributed by atoms with Crippen LogP contribution in [0.3, 0.4) is 0 Å². The van der Waals surface area contributed by atoms with E-state index < -0.39 is 0 Å². The van der Waals surface area contributed by atoms with Crippen molar-refractivity contribution >= 4 is 11.8 Å². The van der Waals surface area contributed by atoms with Crippen LogP contribution >= 0.6 is 0 Å². The molecule has 13 atom stereocenters. The minimum absolute atomic E-state index is 0.0693. The van der Waals surface area contributed by atoms with E-state index in [-0.39, 0.29) is 22.2 Å². The molecule has 0 aliphatic heterocycles. The van der Waals surface area contributed by atoms with E-state index in [2.05, 4.69) is 20.8 Å². The molecular weight excluding hydrogens is 336 g/mol. The molecular formula is C24H32O3. The lowest BCUT2D eigenvalue weighted by atomic mass is 9.64. The molecule has 0 heterocycles. The van der Waals surface area contributed by atoms with Crippen molar-refractivity contribution in [2.75, 3.05) is 7.11 Å². The summed E-state index contributed by atoms with van der Waals surface area (Å²) in [6.45, 7) is 6.98. The number of ether oxygens (including phenoxy) is 1. The van der Waals surface area contributed by atoms with Crippen LogP contribution in [0.2, 0.25) is 0 Å². The number of hydrogen-bond acceptors (Lipinski definition) is 3. The number of fused-ring (bicyclic) bond motifs is 5. The maximum atomic E-state index is 14.0. The molecule has 0 unspecified atom stereocenters. The Balaban J connectivity index is 1.52. The number of methoxy groups -OCH3 is 1. The Morgan fingerprint density at radius 3 is 2.22 bits per heavy atom. The van der Waals surface area contributed by atoms with Gasteiger partial charge >= 0.3 is 5.97 Å². The molecule has 0 saturated heterocycles. The Morgan fingerprint density at radius 2 is 1.52 bits per heavy atom. The first kappa shape index (κ1) is 16.0. The minimum atomic E-state index is -0.309. The molecule has 0 N–H and O–H groups in total. The van der Waals surface area contributed by atoms with Crippen LogP contribution in [0.5, 0.6) is 0 Å². The van der Waals surface area contributed by atoms with Crippen molar-refractivity contribution in [3.8, 4) is 0 Å². The van der Waals surface area contributed by atoms with Gasteiger partial charge in [-0.1, -0.05) is 20.3 Å². The Hall–Kier alpha value is -0.860. The first-order valence-corrected chi connectivity index (χ1v) is 11.5. The van der Waals surface area contributed by atoms with Crippen LogP contribution < -0.4 is 0 Å². The van der Waals surface area contributed by atoms with E-state index in [0.717, 1.165) is 12.8 Å². The Labute approximate surface area is 162 Å². The van der Waals surface area contributed by atoms with E-state index in [1.165, 1.54) is 19.3 Å². The zero-order valence-corrected chi connectivity index (χ0v) is 17.0. The normalized spacial score (nSPS) is 68.7. The molecule has 27 heavy (non-hydrogen) atoms. The molecule has 7 rings (SSSR count). The van der Waals surface area contributed by atoms with Crippen molar-refractivity contribution in [1.82, 2.24) is 0 Å². The van der Waals surface area contributed by atoms with Gasteiger partial charge in [0.1, 0.15) is 5.78 Å². The van der Waals surface area contributed by atoms with Crippen molar-refractivity contribution in [2.24, 2.45) is 75.4 Å². The number of rotatable bonds is 1. The highest BCUT2D eigenvalue weighted by molar-refractivity contribution is 5.95. The summed E-state index contributed by atoms with van der Waals surface area (Å²) in [6.07, 6.45) is 6.07. The van der Waals surface area contributed by atoms with Crippen molar-refractivity contribution in [2.45, 2.75) is 52.9 Å². The standard InChI is InChI=1S/C24H32O3/c1-22-9-8-12-17-14-13-15(23(2,20(22)25)19(14)18(12)22)10-6-5-7-11(10)16(13)24(17,3)21(26)27-4/h10-19H,5-9H2,1-4H3/t10-,11+,12+,13-,14-,15+,16+,17-,18-,19+,22+,23-,24+/m0/s1. The Kier molecular flexibility index (Phi) is 2.48. The topological polar surface area (TPSA) is 43.4 Å². The fourth-order valence-corrected chi connectivity index (χ4v) is 12.2. The second-order valence-electron chi connectivity index (χ2n) is 12.0. The molecule has 0 spiro atoms. The molecule has 0 radical (unpaired) electrons. The molecule has 3 heteroatoms. The third kappa shape index (κ3) is 1.22. The third-order valence-corrected chi connectivity index (χ3v) is 12.1. The zero-order valence-electron chi connectivity index (χ0n) is 17.0. The lowest BCUT2D eigenvalue weighted by molar-refractivity contribution is -0.160. The average Bonchev–Trinajstić information content (AvgIpc) is 3.42. The molecule has 146 valence electrons.